The summed E-state index contributed by atoms with van der Waals surface area (Å²) in [7, 11) is 0. The number of aromatic nitrogens is 2. The number of nitrogens with one attached hydrogen (secondary N) is 1. The Bertz CT molecular complexity index is 555. The molecule has 0 radical (unpaired) electrons. The van der Waals surface area contributed by atoms with Crippen LogP contribution in [0.2, 0.25) is 0 Å². The van der Waals surface area contributed by atoms with Crippen molar-refractivity contribution in [1.29, 1.82) is 0 Å². The molecule has 0 amide bonds. The third-order valence-corrected chi connectivity index (χ3v) is 3.49. The second-order valence-corrected chi connectivity index (χ2v) is 5.60. The van der Waals surface area contributed by atoms with Crippen LogP contribution in [0.5, 0.6) is 0 Å². The molecule has 1 aromatic heterocycles. The number of hydrogen-bond acceptors (Lipinski definition) is 2. The minimum absolute atomic E-state index is 0.507. The van der Waals surface area contributed by atoms with Gasteiger partial charge in [-0.05, 0) is 30.5 Å². The molecule has 0 atom stereocenters. The Labute approximate surface area is 122 Å². The van der Waals surface area contributed by atoms with Crippen LogP contribution in [0.4, 0.5) is 0 Å². The molecule has 108 valence electrons. The summed E-state index contributed by atoms with van der Waals surface area (Å²) in [6.07, 6.45) is 3.10. The van der Waals surface area contributed by atoms with Gasteiger partial charge in [0.05, 0.1) is 6.20 Å². The van der Waals surface area contributed by atoms with Gasteiger partial charge in [0.25, 0.3) is 0 Å². The summed E-state index contributed by atoms with van der Waals surface area (Å²) in [5.41, 5.74) is 5.07. The van der Waals surface area contributed by atoms with Crippen molar-refractivity contribution >= 4 is 0 Å². The average Bonchev–Trinajstić information content (AvgIpc) is 2.79. The molecule has 0 saturated heterocycles. The lowest BCUT2D eigenvalue weighted by atomic mass is 10.0. The van der Waals surface area contributed by atoms with E-state index < -0.39 is 0 Å². The van der Waals surface area contributed by atoms with Gasteiger partial charge in [0, 0.05) is 30.4 Å². The van der Waals surface area contributed by atoms with Crippen LogP contribution >= 0.6 is 0 Å². The van der Waals surface area contributed by atoms with Gasteiger partial charge in [-0.15, -0.1) is 0 Å². The Morgan fingerprint density at radius 1 is 1.30 bits per heavy atom. The first-order valence-electron chi connectivity index (χ1n) is 7.47. The molecule has 0 aliphatic carbocycles. The van der Waals surface area contributed by atoms with Crippen molar-refractivity contribution in [1.82, 2.24) is 15.1 Å². The van der Waals surface area contributed by atoms with Gasteiger partial charge in [-0.2, -0.15) is 5.10 Å². The van der Waals surface area contributed by atoms with Gasteiger partial charge < -0.3 is 5.32 Å². The predicted molar refractivity (Wildman–Crippen MR) is 84.7 cm³/mol. The van der Waals surface area contributed by atoms with E-state index in [1.54, 1.807) is 0 Å². The molecule has 0 saturated carbocycles. The zero-order valence-electron chi connectivity index (χ0n) is 13.0. The quantitative estimate of drug-likeness (QED) is 0.867. The molecular formula is C17H25N3. The SMILES string of the molecule is CCCn1ncc(-c2cccc(CNC(C)C)c2)c1C. The third kappa shape index (κ3) is 3.48. The summed E-state index contributed by atoms with van der Waals surface area (Å²) in [4.78, 5) is 0. The van der Waals surface area contributed by atoms with Gasteiger partial charge in [-0.3, -0.25) is 4.68 Å². The highest BCUT2D eigenvalue weighted by molar-refractivity contribution is 5.65. The van der Waals surface area contributed by atoms with Crippen LogP contribution in [0.15, 0.2) is 30.5 Å². The molecule has 3 nitrogen and oxygen atoms in total. The Hall–Kier alpha value is -1.61. The van der Waals surface area contributed by atoms with E-state index in [1.807, 2.05) is 6.20 Å². The van der Waals surface area contributed by atoms with Gasteiger partial charge in [0.2, 0.25) is 0 Å². The van der Waals surface area contributed by atoms with Gasteiger partial charge in [-0.1, -0.05) is 39.0 Å². The molecule has 1 heterocycles. The number of rotatable bonds is 6. The number of nitrogens with zero attached hydrogens (tertiary/aromatic N) is 2. The highest BCUT2D eigenvalue weighted by Crippen LogP contribution is 2.24. The summed E-state index contributed by atoms with van der Waals surface area (Å²) >= 11 is 0. The second-order valence-electron chi connectivity index (χ2n) is 5.60. The Morgan fingerprint density at radius 3 is 2.80 bits per heavy atom. The van der Waals surface area contributed by atoms with E-state index in [0.717, 1.165) is 19.5 Å². The highest BCUT2D eigenvalue weighted by atomic mass is 15.3. The molecule has 20 heavy (non-hydrogen) atoms. The maximum atomic E-state index is 4.49. The van der Waals surface area contributed by atoms with Crippen molar-refractivity contribution in [3.05, 3.63) is 41.7 Å². The minimum Gasteiger partial charge on any atom is -0.310 e. The first kappa shape index (κ1) is 14.8. The fraction of sp³-hybridized carbons (Fsp3) is 0.471. The topological polar surface area (TPSA) is 29.9 Å². The van der Waals surface area contributed by atoms with E-state index in [9.17, 15) is 0 Å². The molecule has 0 fully saturated rings. The lowest BCUT2D eigenvalue weighted by molar-refractivity contribution is 0.587. The normalized spacial score (nSPS) is 11.2. The van der Waals surface area contributed by atoms with Crippen molar-refractivity contribution in [2.24, 2.45) is 0 Å². The number of benzene rings is 1. The number of aryl methyl sites for hydroxylation is 1. The molecule has 1 aromatic carbocycles. The molecule has 2 rings (SSSR count). The summed E-state index contributed by atoms with van der Waals surface area (Å²) in [5, 5.41) is 7.95. The molecule has 2 aromatic rings. The molecule has 0 bridgehead atoms. The number of hydrogen-bond donors (Lipinski definition) is 1. The summed E-state index contributed by atoms with van der Waals surface area (Å²) in [6.45, 7) is 10.6. The molecule has 0 spiro atoms. The lowest BCUT2D eigenvalue weighted by Crippen LogP contribution is -2.21. The van der Waals surface area contributed by atoms with Crippen LogP contribution in [-0.2, 0) is 13.1 Å². The van der Waals surface area contributed by atoms with Crippen molar-refractivity contribution < 1.29 is 0 Å². The van der Waals surface area contributed by atoms with Crippen LogP contribution in [0.3, 0.4) is 0 Å². The van der Waals surface area contributed by atoms with Gasteiger partial charge in [0.1, 0.15) is 0 Å². The molecule has 0 aliphatic heterocycles. The Kier molecular flexibility index (Phi) is 4.96. The van der Waals surface area contributed by atoms with E-state index in [1.165, 1.54) is 22.4 Å². The zero-order chi connectivity index (χ0) is 14.5. The highest BCUT2D eigenvalue weighted by Gasteiger charge is 2.08. The molecular weight excluding hydrogens is 246 g/mol. The maximum absolute atomic E-state index is 4.49. The second kappa shape index (κ2) is 6.71. The van der Waals surface area contributed by atoms with Crippen LogP contribution in [0.25, 0.3) is 11.1 Å². The minimum atomic E-state index is 0.507. The molecule has 0 aliphatic rings. The lowest BCUT2D eigenvalue weighted by Gasteiger charge is -2.09. The smallest absolute Gasteiger partial charge is 0.0571 e. The van der Waals surface area contributed by atoms with Crippen molar-refractivity contribution in [3.8, 4) is 11.1 Å². The molecule has 1 N–H and O–H groups in total. The first-order valence-corrected chi connectivity index (χ1v) is 7.47. The van der Waals surface area contributed by atoms with E-state index in [0.29, 0.717) is 6.04 Å². The first-order chi connectivity index (χ1) is 9.61. The van der Waals surface area contributed by atoms with Crippen molar-refractivity contribution in [3.63, 3.8) is 0 Å². The van der Waals surface area contributed by atoms with E-state index >= 15 is 0 Å². The summed E-state index contributed by atoms with van der Waals surface area (Å²) in [5.74, 6) is 0. The van der Waals surface area contributed by atoms with Crippen LogP contribution in [-0.4, -0.2) is 15.8 Å². The maximum Gasteiger partial charge on any atom is 0.0571 e. The Morgan fingerprint density at radius 2 is 2.10 bits per heavy atom. The average molecular weight is 271 g/mol. The molecule has 3 heteroatoms. The zero-order valence-corrected chi connectivity index (χ0v) is 13.0. The van der Waals surface area contributed by atoms with Crippen LogP contribution in [0, 0.1) is 6.92 Å². The van der Waals surface area contributed by atoms with Crippen molar-refractivity contribution in [2.45, 2.75) is 53.2 Å². The van der Waals surface area contributed by atoms with E-state index in [2.05, 4.69) is 67.1 Å². The molecule has 0 unspecified atom stereocenters. The third-order valence-electron chi connectivity index (χ3n) is 3.49. The van der Waals surface area contributed by atoms with E-state index in [-0.39, 0.29) is 0 Å². The van der Waals surface area contributed by atoms with Crippen molar-refractivity contribution in [2.75, 3.05) is 0 Å². The fourth-order valence-electron chi connectivity index (χ4n) is 2.34. The summed E-state index contributed by atoms with van der Waals surface area (Å²) in [6, 6.07) is 9.23. The van der Waals surface area contributed by atoms with E-state index in [4.69, 9.17) is 0 Å². The predicted octanol–water partition coefficient (Wildman–Crippen LogP) is 3.77. The Balaban J connectivity index is 2.22. The van der Waals surface area contributed by atoms with Crippen LogP contribution < -0.4 is 5.32 Å². The van der Waals surface area contributed by atoms with Gasteiger partial charge >= 0.3 is 0 Å². The standard InChI is InChI=1S/C17H25N3/c1-5-9-20-14(4)17(12-19-20)16-8-6-7-15(10-16)11-18-13(2)3/h6-8,10,12-13,18H,5,9,11H2,1-4H3. The fourth-order valence-corrected chi connectivity index (χ4v) is 2.34. The van der Waals surface area contributed by atoms with Crippen LogP contribution in [0.1, 0.15) is 38.4 Å². The monoisotopic (exact) mass is 271 g/mol. The summed E-state index contributed by atoms with van der Waals surface area (Å²) < 4.78 is 2.09. The van der Waals surface area contributed by atoms with Gasteiger partial charge in [-0.25, -0.2) is 0 Å². The largest absolute Gasteiger partial charge is 0.310 e. The van der Waals surface area contributed by atoms with Gasteiger partial charge in [0.15, 0.2) is 0 Å².